The Labute approximate surface area is 190 Å². The third-order valence-electron chi connectivity index (χ3n) is 4.96. The minimum atomic E-state index is -3.87. The number of sulfonamides is 1. The number of hydrogen-bond acceptors (Lipinski definition) is 6. The van der Waals surface area contributed by atoms with Crippen molar-refractivity contribution in [2.75, 3.05) is 23.8 Å². The fourth-order valence-corrected chi connectivity index (χ4v) is 5.34. The topological polar surface area (TPSA) is 88.6 Å². The second-order valence-electron chi connectivity index (χ2n) is 7.14. The number of methoxy groups -OCH3 is 1. The Balaban J connectivity index is 1.57. The second-order valence-corrected chi connectivity index (χ2v) is 10.1. The maximum atomic E-state index is 13.1. The van der Waals surface area contributed by atoms with Crippen molar-refractivity contribution < 1.29 is 17.9 Å². The van der Waals surface area contributed by atoms with Crippen molar-refractivity contribution in [3.63, 3.8) is 0 Å². The minimum absolute atomic E-state index is 0.0170. The van der Waals surface area contributed by atoms with Crippen molar-refractivity contribution in [2.24, 2.45) is 0 Å². The van der Waals surface area contributed by atoms with Crippen LogP contribution in [0.25, 0.3) is 10.2 Å². The van der Waals surface area contributed by atoms with E-state index in [0.29, 0.717) is 16.6 Å². The molecule has 4 aromatic rings. The molecule has 0 atom stereocenters. The zero-order valence-corrected chi connectivity index (χ0v) is 19.3. The van der Waals surface area contributed by atoms with E-state index in [1.165, 1.54) is 34.8 Å². The molecule has 0 fully saturated rings. The summed E-state index contributed by atoms with van der Waals surface area (Å²) in [6, 6.07) is 18.5. The van der Waals surface area contributed by atoms with Gasteiger partial charge in [-0.15, -0.1) is 0 Å². The van der Waals surface area contributed by atoms with Gasteiger partial charge in [-0.2, -0.15) is 0 Å². The molecular weight excluding hydrogens is 446 g/mol. The predicted octanol–water partition coefficient (Wildman–Crippen LogP) is 4.69. The molecule has 0 saturated carbocycles. The van der Waals surface area contributed by atoms with E-state index >= 15 is 0 Å². The quantitative estimate of drug-likeness (QED) is 0.444. The maximum Gasteiger partial charge on any atom is 0.264 e. The molecule has 0 saturated heterocycles. The van der Waals surface area contributed by atoms with Crippen LogP contribution in [0, 0.1) is 6.92 Å². The summed E-state index contributed by atoms with van der Waals surface area (Å²) in [5.74, 6) is 0.202. The summed E-state index contributed by atoms with van der Waals surface area (Å²) in [6.45, 7) is 1.99. The normalized spacial score (nSPS) is 11.3. The standard InChI is InChI=1S/C23H21N3O4S2/c1-15-7-12-20-21(13-15)31-23(24-20)25-22(27)16-5-4-6-19(14-16)32(28,29)26(2)17-8-10-18(30-3)11-9-17/h4-14H,1-3H3,(H,24,25,27). The van der Waals surface area contributed by atoms with Crippen molar-refractivity contribution in [2.45, 2.75) is 11.8 Å². The first-order chi connectivity index (χ1) is 15.3. The van der Waals surface area contributed by atoms with Gasteiger partial charge in [0.2, 0.25) is 0 Å². The molecule has 0 aliphatic heterocycles. The van der Waals surface area contributed by atoms with Crippen molar-refractivity contribution in [1.82, 2.24) is 4.98 Å². The molecule has 0 aliphatic rings. The lowest BCUT2D eigenvalue weighted by Crippen LogP contribution is -2.26. The van der Waals surface area contributed by atoms with Gasteiger partial charge in [0.05, 0.1) is 27.9 Å². The van der Waals surface area contributed by atoms with E-state index in [9.17, 15) is 13.2 Å². The molecule has 3 aromatic carbocycles. The molecule has 1 aromatic heterocycles. The summed E-state index contributed by atoms with van der Waals surface area (Å²) in [7, 11) is -0.858. The third-order valence-corrected chi connectivity index (χ3v) is 7.67. The van der Waals surface area contributed by atoms with E-state index in [1.54, 1.807) is 43.5 Å². The van der Waals surface area contributed by atoms with E-state index in [1.807, 2.05) is 25.1 Å². The Morgan fingerprint density at radius 1 is 1.06 bits per heavy atom. The highest BCUT2D eigenvalue weighted by Gasteiger charge is 2.23. The molecule has 1 amide bonds. The summed E-state index contributed by atoms with van der Waals surface area (Å²) in [5.41, 5.74) is 2.61. The number of aryl methyl sites for hydroxylation is 1. The molecular formula is C23H21N3O4S2. The smallest absolute Gasteiger partial charge is 0.264 e. The van der Waals surface area contributed by atoms with Crippen LogP contribution in [0.2, 0.25) is 0 Å². The lowest BCUT2D eigenvalue weighted by Gasteiger charge is -2.20. The van der Waals surface area contributed by atoms with Gasteiger partial charge in [0.15, 0.2) is 5.13 Å². The van der Waals surface area contributed by atoms with Gasteiger partial charge in [-0.1, -0.05) is 23.5 Å². The van der Waals surface area contributed by atoms with Gasteiger partial charge in [-0.05, 0) is 67.1 Å². The third kappa shape index (κ3) is 4.30. The highest BCUT2D eigenvalue weighted by atomic mass is 32.2. The van der Waals surface area contributed by atoms with Gasteiger partial charge in [0, 0.05) is 12.6 Å². The van der Waals surface area contributed by atoms with Gasteiger partial charge in [-0.25, -0.2) is 13.4 Å². The molecule has 0 radical (unpaired) electrons. The Hall–Kier alpha value is -3.43. The molecule has 7 nitrogen and oxygen atoms in total. The van der Waals surface area contributed by atoms with Gasteiger partial charge in [0.25, 0.3) is 15.9 Å². The van der Waals surface area contributed by atoms with E-state index in [-0.39, 0.29) is 10.5 Å². The van der Waals surface area contributed by atoms with Crippen LogP contribution in [0.4, 0.5) is 10.8 Å². The summed E-state index contributed by atoms with van der Waals surface area (Å²) in [4.78, 5) is 17.2. The Bertz CT molecular complexity index is 1400. The predicted molar refractivity (Wildman–Crippen MR) is 127 cm³/mol. The molecule has 0 bridgehead atoms. The summed E-state index contributed by atoms with van der Waals surface area (Å²) in [5, 5.41) is 3.22. The van der Waals surface area contributed by atoms with Crippen LogP contribution in [-0.4, -0.2) is 33.5 Å². The number of aromatic nitrogens is 1. The van der Waals surface area contributed by atoms with Gasteiger partial charge in [-0.3, -0.25) is 14.4 Å². The van der Waals surface area contributed by atoms with Crippen LogP contribution >= 0.6 is 11.3 Å². The highest BCUT2D eigenvalue weighted by Crippen LogP contribution is 2.28. The molecule has 1 N–H and O–H groups in total. The van der Waals surface area contributed by atoms with E-state index in [4.69, 9.17) is 4.74 Å². The van der Waals surface area contributed by atoms with Crippen LogP contribution < -0.4 is 14.4 Å². The maximum absolute atomic E-state index is 13.1. The first-order valence-corrected chi connectivity index (χ1v) is 12.0. The molecule has 32 heavy (non-hydrogen) atoms. The fraction of sp³-hybridized carbons (Fsp3) is 0.130. The molecule has 4 rings (SSSR count). The first-order valence-electron chi connectivity index (χ1n) is 9.69. The van der Waals surface area contributed by atoms with Crippen LogP contribution in [0.5, 0.6) is 5.75 Å². The van der Waals surface area contributed by atoms with Crippen molar-refractivity contribution in [3.05, 3.63) is 77.9 Å². The Morgan fingerprint density at radius 2 is 1.81 bits per heavy atom. The number of hydrogen-bond donors (Lipinski definition) is 1. The summed E-state index contributed by atoms with van der Waals surface area (Å²) >= 11 is 1.37. The Morgan fingerprint density at radius 3 is 2.53 bits per heavy atom. The van der Waals surface area contributed by atoms with E-state index in [0.717, 1.165) is 15.8 Å². The molecule has 0 aliphatic carbocycles. The van der Waals surface area contributed by atoms with Crippen LogP contribution in [0.1, 0.15) is 15.9 Å². The minimum Gasteiger partial charge on any atom is -0.497 e. The van der Waals surface area contributed by atoms with Crippen molar-refractivity contribution in [1.29, 1.82) is 0 Å². The van der Waals surface area contributed by atoms with Crippen molar-refractivity contribution >= 4 is 48.3 Å². The van der Waals surface area contributed by atoms with Crippen molar-refractivity contribution in [3.8, 4) is 5.75 Å². The Kier molecular flexibility index (Phi) is 5.86. The number of ether oxygens (including phenoxy) is 1. The number of nitrogens with one attached hydrogen (secondary N) is 1. The summed E-state index contributed by atoms with van der Waals surface area (Å²) < 4.78 is 33.5. The van der Waals surface area contributed by atoms with Gasteiger partial charge < -0.3 is 4.74 Å². The number of anilines is 2. The van der Waals surface area contributed by atoms with Crippen LogP contribution in [0.3, 0.4) is 0 Å². The number of nitrogens with zero attached hydrogens (tertiary/aromatic N) is 2. The molecule has 0 spiro atoms. The van der Waals surface area contributed by atoms with E-state index in [2.05, 4.69) is 10.3 Å². The number of thiazole rings is 1. The number of rotatable bonds is 6. The summed E-state index contributed by atoms with van der Waals surface area (Å²) in [6.07, 6.45) is 0. The van der Waals surface area contributed by atoms with Gasteiger partial charge in [0.1, 0.15) is 5.75 Å². The molecule has 0 unspecified atom stereocenters. The lowest BCUT2D eigenvalue weighted by atomic mass is 10.2. The zero-order valence-electron chi connectivity index (χ0n) is 17.7. The number of fused-ring (bicyclic) bond motifs is 1. The molecule has 1 heterocycles. The largest absolute Gasteiger partial charge is 0.497 e. The number of carbonyl (C=O) groups excluding carboxylic acids is 1. The number of carbonyl (C=O) groups is 1. The van der Waals surface area contributed by atoms with Crippen LogP contribution in [0.15, 0.2) is 71.6 Å². The average Bonchev–Trinajstić information content (AvgIpc) is 3.19. The molecule has 9 heteroatoms. The average molecular weight is 468 g/mol. The monoisotopic (exact) mass is 467 g/mol. The fourth-order valence-electron chi connectivity index (χ4n) is 3.14. The second kappa shape index (κ2) is 8.60. The first kappa shape index (κ1) is 21.8. The lowest BCUT2D eigenvalue weighted by molar-refractivity contribution is 0.102. The molecule has 164 valence electrons. The van der Waals surface area contributed by atoms with E-state index < -0.39 is 15.9 Å². The SMILES string of the molecule is COc1ccc(N(C)S(=O)(=O)c2cccc(C(=O)Nc3nc4ccc(C)cc4s3)c2)cc1. The van der Waals surface area contributed by atoms with Crippen LogP contribution in [-0.2, 0) is 10.0 Å². The number of benzene rings is 3. The highest BCUT2D eigenvalue weighted by molar-refractivity contribution is 7.92. The van der Waals surface area contributed by atoms with Gasteiger partial charge >= 0.3 is 0 Å². The zero-order chi connectivity index (χ0) is 22.9. The number of amides is 1.